The lowest BCUT2D eigenvalue weighted by Crippen LogP contribution is -2.26. The highest BCUT2D eigenvalue weighted by molar-refractivity contribution is 5.90. The van der Waals surface area contributed by atoms with Gasteiger partial charge in [-0.3, -0.25) is 9.88 Å². The zero-order chi connectivity index (χ0) is 18.5. The van der Waals surface area contributed by atoms with Crippen LogP contribution in [0.25, 0.3) is 10.9 Å². The average molecular weight is 358 g/mol. The fourth-order valence-electron chi connectivity index (χ4n) is 3.68. The van der Waals surface area contributed by atoms with E-state index in [0.29, 0.717) is 36.3 Å². The highest BCUT2D eigenvalue weighted by Gasteiger charge is 2.31. The van der Waals surface area contributed by atoms with Gasteiger partial charge in [0.2, 0.25) is 0 Å². The molecule has 6 heteroatoms. The van der Waals surface area contributed by atoms with Crippen molar-refractivity contribution < 1.29 is 18.3 Å². The van der Waals surface area contributed by atoms with E-state index >= 15 is 0 Å². The Balaban J connectivity index is 1.66. The van der Waals surface area contributed by atoms with Gasteiger partial charge in [0.15, 0.2) is 0 Å². The number of hydrogen-bond acceptors (Lipinski definition) is 3. The van der Waals surface area contributed by atoms with Crippen LogP contribution in [0.3, 0.4) is 0 Å². The van der Waals surface area contributed by atoms with E-state index in [1.807, 2.05) is 12.1 Å². The van der Waals surface area contributed by atoms with Gasteiger partial charge in [0.05, 0.1) is 5.56 Å². The molecule has 26 heavy (non-hydrogen) atoms. The molecular weight excluding hydrogens is 341 g/mol. The Hall–Kier alpha value is -2.60. The molecule has 1 aliphatic heterocycles. The van der Waals surface area contributed by atoms with Crippen molar-refractivity contribution in [3.63, 3.8) is 0 Å². The van der Waals surface area contributed by atoms with Gasteiger partial charge in [-0.2, -0.15) is 13.2 Å². The maximum atomic E-state index is 13.1. The molecule has 0 amide bonds. The molecule has 1 N–H and O–H groups in total. The molecule has 4 rings (SSSR count). The van der Waals surface area contributed by atoms with Gasteiger partial charge < -0.3 is 5.11 Å². The van der Waals surface area contributed by atoms with Gasteiger partial charge in [-0.1, -0.05) is 17.7 Å². The zero-order valence-electron chi connectivity index (χ0n) is 14.1. The molecule has 0 spiro atoms. The highest BCUT2D eigenvalue weighted by Crippen LogP contribution is 2.35. The summed E-state index contributed by atoms with van der Waals surface area (Å²) in [4.78, 5) is 6.35. The molecule has 0 saturated heterocycles. The van der Waals surface area contributed by atoms with Gasteiger partial charge in [0.1, 0.15) is 11.3 Å². The normalized spacial score (nSPS) is 14.8. The van der Waals surface area contributed by atoms with Crippen LogP contribution in [0.4, 0.5) is 13.2 Å². The molecule has 0 saturated carbocycles. The van der Waals surface area contributed by atoms with E-state index < -0.39 is 11.7 Å². The first-order valence-electron chi connectivity index (χ1n) is 8.30. The van der Waals surface area contributed by atoms with E-state index in [9.17, 15) is 18.3 Å². The van der Waals surface area contributed by atoms with Crippen LogP contribution in [-0.4, -0.2) is 15.0 Å². The second-order valence-corrected chi connectivity index (χ2v) is 6.79. The Morgan fingerprint density at radius 1 is 1.08 bits per heavy atom. The third-order valence-corrected chi connectivity index (χ3v) is 4.70. The largest absolute Gasteiger partial charge is 0.506 e. The van der Waals surface area contributed by atoms with Gasteiger partial charge in [0.25, 0.3) is 0 Å². The number of phenols is 1. The number of rotatable bonds is 2. The summed E-state index contributed by atoms with van der Waals surface area (Å²) in [6.45, 7) is 3.31. The number of aromatic nitrogens is 1. The molecule has 0 atom stereocenters. The summed E-state index contributed by atoms with van der Waals surface area (Å²) in [5.41, 5.74) is 3.26. The van der Waals surface area contributed by atoms with Crippen LogP contribution in [0.2, 0.25) is 0 Å². The van der Waals surface area contributed by atoms with Gasteiger partial charge in [-0.05, 0) is 47.9 Å². The summed E-state index contributed by atoms with van der Waals surface area (Å²) in [6.07, 6.45) is -2.69. The fraction of sp³-hybridized carbons (Fsp3) is 0.250. The topological polar surface area (TPSA) is 36.4 Å². The van der Waals surface area contributed by atoms with Crippen molar-refractivity contribution in [2.75, 3.05) is 0 Å². The number of pyridine rings is 1. The van der Waals surface area contributed by atoms with Crippen molar-refractivity contribution in [2.45, 2.75) is 32.7 Å². The predicted octanol–water partition coefficient (Wildman–Crippen LogP) is 4.78. The van der Waals surface area contributed by atoms with Crippen LogP contribution in [-0.2, 0) is 25.8 Å². The second-order valence-electron chi connectivity index (χ2n) is 6.79. The predicted molar refractivity (Wildman–Crippen MR) is 92.5 cm³/mol. The minimum atomic E-state index is -4.34. The highest BCUT2D eigenvalue weighted by atomic mass is 19.4. The summed E-state index contributed by atoms with van der Waals surface area (Å²) in [6, 6.07) is 9.56. The number of phenolic OH excluding ortho intramolecular Hbond substituents is 1. The van der Waals surface area contributed by atoms with E-state index in [4.69, 9.17) is 0 Å². The molecule has 3 nitrogen and oxygen atoms in total. The molecule has 3 aromatic rings. The Kier molecular flexibility index (Phi) is 3.88. The number of nitrogens with zero attached hydrogens (tertiary/aromatic N) is 2. The molecule has 2 aromatic carbocycles. The number of halogens is 3. The number of benzene rings is 2. The van der Waals surface area contributed by atoms with Crippen LogP contribution in [0.15, 0.2) is 42.6 Å². The number of hydrogen-bond donors (Lipinski definition) is 1. The molecule has 0 radical (unpaired) electrons. The molecule has 2 heterocycles. The van der Waals surface area contributed by atoms with E-state index in [-0.39, 0.29) is 5.75 Å². The maximum absolute atomic E-state index is 13.1. The van der Waals surface area contributed by atoms with Crippen LogP contribution >= 0.6 is 0 Å². The molecule has 0 unspecified atom stereocenters. The maximum Gasteiger partial charge on any atom is 0.416 e. The van der Waals surface area contributed by atoms with Crippen molar-refractivity contribution in [1.82, 2.24) is 9.88 Å². The summed E-state index contributed by atoms with van der Waals surface area (Å²) in [7, 11) is 0. The van der Waals surface area contributed by atoms with E-state index in [1.54, 1.807) is 25.3 Å². The molecule has 0 fully saturated rings. The molecule has 1 aliphatic rings. The van der Waals surface area contributed by atoms with Crippen molar-refractivity contribution >= 4 is 10.9 Å². The van der Waals surface area contributed by atoms with E-state index in [0.717, 1.165) is 16.5 Å². The summed E-state index contributed by atoms with van der Waals surface area (Å²) in [5, 5.41) is 10.9. The zero-order valence-corrected chi connectivity index (χ0v) is 14.1. The van der Waals surface area contributed by atoms with Gasteiger partial charge in [0, 0.05) is 31.2 Å². The summed E-state index contributed by atoms with van der Waals surface area (Å²) >= 11 is 0. The SMILES string of the molecule is Cc1cc(CN2Cc3ccnc4c(O)ccc(c34)C2)cc(C(F)(F)F)c1. The average Bonchev–Trinajstić information content (AvgIpc) is 2.57. The third-order valence-electron chi connectivity index (χ3n) is 4.70. The molecule has 1 aromatic heterocycles. The van der Waals surface area contributed by atoms with Gasteiger partial charge >= 0.3 is 6.18 Å². The van der Waals surface area contributed by atoms with Gasteiger partial charge in [-0.25, -0.2) is 0 Å². The van der Waals surface area contributed by atoms with Crippen LogP contribution < -0.4 is 0 Å². The standard InChI is InChI=1S/C20H17F3N2O/c1-12-6-13(8-16(7-12)20(21,22)23)9-25-10-14-2-3-17(26)19-18(14)15(11-25)4-5-24-19/h2-8,26H,9-11H2,1H3. The molecule has 0 aliphatic carbocycles. The fourth-order valence-corrected chi connectivity index (χ4v) is 3.68. The smallest absolute Gasteiger partial charge is 0.416 e. The molecule has 134 valence electrons. The number of aromatic hydroxyl groups is 1. The Morgan fingerprint density at radius 2 is 1.81 bits per heavy atom. The third kappa shape index (κ3) is 3.01. The Bertz CT molecular complexity index is 986. The van der Waals surface area contributed by atoms with Crippen LogP contribution in [0.1, 0.15) is 27.8 Å². The lowest BCUT2D eigenvalue weighted by molar-refractivity contribution is -0.137. The first kappa shape index (κ1) is 16.8. The number of alkyl halides is 3. The summed E-state index contributed by atoms with van der Waals surface area (Å²) in [5.74, 6) is 0.146. The minimum absolute atomic E-state index is 0.146. The van der Waals surface area contributed by atoms with Crippen molar-refractivity contribution in [3.05, 3.63) is 70.4 Å². The number of aryl methyl sites for hydroxylation is 1. The van der Waals surface area contributed by atoms with E-state index in [2.05, 4.69) is 9.88 Å². The monoisotopic (exact) mass is 358 g/mol. The molecule has 0 bridgehead atoms. The van der Waals surface area contributed by atoms with Gasteiger partial charge in [-0.15, -0.1) is 0 Å². The Labute approximate surface area is 148 Å². The second kappa shape index (κ2) is 5.99. The first-order chi connectivity index (χ1) is 12.3. The van der Waals surface area contributed by atoms with E-state index in [1.165, 1.54) is 12.1 Å². The van der Waals surface area contributed by atoms with Crippen LogP contribution in [0.5, 0.6) is 5.75 Å². The van der Waals surface area contributed by atoms with Crippen molar-refractivity contribution in [1.29, 1.82) is 0 Å². The van der Waals surface area contributed by atoms with Crippen molar-refractivity contribution in [2.24, 2.45) is 0 Å². The first-order valence-corrected chi connectivity index (χ1v) is 8.30. The quantitative estimate of drug-likeness (QED) is 0.716. The summed E-state index contributed by atoms with van der Waals surface area (Å²) < 4.78 is 39.2. The lowest BCUT2D eigenvalue weighted by atomic mass is 9.97. The van der Waals surface area contributed by atoms with Crippen molar-refractivity contribution in [3.8, 4) is 5.75 Å². The molecular formula is C20H17F3N2O. The van der Waals surface area contributed by atoms with Crippen LogP contribution in [0, 0.1) is 6.92 Å². The Morgan fingerprint density at radius 3 is 2.54 bits per heavy atom. The minimum Gasteiger partial charge on any atom is -0.506 e. The lowest BCUT2D eigenvalue weighted by Gasteiger charge is -2.29.